The van der Waals surface area contributed by atoms with Crippen LogP contribution in [-0.4, -0.2) is 22.1 Å². The molecule has 1 N–H and O–H groups in total. The molecule has 0 fully saturated rings. The third kappa shape index (κ3) is 4.46. The molecule has 108 valence electrons. The van der Waals surface area contributed by atoms with Gasteiger partial charge in [-0.25, -0.2) is 9.37 Å². The molecule has 0 saturated heterocycles. The fraction of sp³-hybridized carbons (Fsp3) is 0.438. The number of aromatic nitrogens is 2. The Bertz CT molecular complexity index is 519. The summed E-state index contributed by atoms with van der Waals surface area (Å²) in [6.07, 6.45) is 6.74. The molecule has 0 amide bonds. The predicted molar refractivity (Wildman–Crippen MR) is 79.1 cm³/mol. The molecule has 20 heavy (non-hydrogen) atoms. The van der Waals surface area contributed by atoms with Gasteiger partial charge in [0, 0.05) is 37.9 Å². The second-order valence-corrected chi connectivity index (χ2v) is 5.27. The van der Waals surface area contributed by atoms with Gasteiger partial charge in [-0.3, -0.25) is 0 Å². The second-order valence-electron chi connectivity index (χ2n) is 5.27. The molecule has 0 aliphatic rings. The standard InChI is InChI=1S/C16H22FN3/c1-13(3-4-14-5-7-15(17)8-6-14)19-10-9-16-11-18-12-20(16)2/h5-8,11-13,19H,3-4,9-10H2,1-2H3. The van der Waals surface area contributed by atoms with E-state index >= 15 is 0 Å². The van der Waals surface area contributed by atoms with Crippen molar-refractivity contribution in [3.05, 3.63) is 53.9 Å². The van der Waals surface area contributed by atoms with Gasteiger partial charge < -0.3 is 9.88 Å². The fourth-order valence-corrected chi connectivity index (χ4v) is 2.21. The summed E-state index contributed by atoms with van der Waals surface area (Å²) in [6, 6.07) is 7.22. The van der Waals surface area contributed by atoms with Crippen LogP contribution in [-0.2, 0) is 19.9 Å². The smallest absolute Gasteiger partial charge is 0.123 e. The minimum Gasteiger partial charge on any atom is -0.338 e. The van der Waals surface area contributed by atoms with Crippen molar-refractivity contribution in [1.82, 2.24) is 14.9 Å². The summed E-state index contributed by atoms with van der Waals surface area (Å²) in [7, 11) is 2.01. The first-order valence-corrected chi connectivity index (χ1v) is 7.08. The highest BCUT2D eigenvalue weighted by molar-refractivity contribution is 5.16. The topological polar surface area (TPSA) is 29.9 Å². The molecule has 1 atom stereocenters. The summed E-state index contributed by atoms with van der Waals surface area (Å²) in [4.78, 5) is 4.11. The highest BCUT2D eigenvalue weighted by Gasteiger charge is 2.03. The Labute approximate surface area is 119 Å². The molecule has 2 aromatic rings. The van der Waals surface area contributed by atoms with Crippen LogP contribution in [0.4, 0.5) is 4.39 Å². The summed E-state index contributed by atoms with van der Waals surface area (Å²) in [5.41, 5.74) is 2.43. The summed E-state index contributed by atoms with van der Waals surface area (Å²) in [6.45, 7) is 3.14. The van der Waals surface area contributed by atoms with E-state index in [2.05, 4.69) is 17.2 Å². The van der Waals surface area contributed by atoms with Gasteiger partial charge in [-0.15, -0.1) is 0 Å². The van der Waals surface area contributed by atoms with Gasteiger partial charge >= 0.3 is 0 Å². The van der Waals surface area contributed by atoms with E-state index < -0.39 is 0 Å². The molecule has 0 aliphatic heterocycles. The fourth-order valence-electron chi connectivity index (χ4n) is 2.21. The number of halogens is 1. The Kier molecular flexibility index (Phi) is 5.30. The van der Waals surface area contributed by atoms with Crippen molar-refractivity contribution < 1.29 is 4.39 Å². The summed E-state index contributed by atoms with van der Waals surface area (Å²) in [5.74, 6) is -0.170. The van der Waals surface area contributed by atoms with Crippen molar-refractivity contribution in [3.8, 4) is 0 Å². The van der Waals surface area contributed by atoms with Crippen molar-refractivity contribution in [1.29, 1.82) is 0 Å². The maximum atomic E-state index is 12.8. The lowest BCUT2D eigenvalue weighted by molar-refractivity contribution is 0.513. The Hall–Kier alpha value is -1.68. The number of imidazole rings is 1. The first-order valence-electron chi connectivity index (χ1n) is 7.08. The molecule has 1 unspecified atom stereocenters. The average Bonchev–Trinajstić information content (AvgIpc) is 2.84. The van der Waals surface area contributed by atoms with Crippen molar-refractivity contribution in [2.75, 3.05) is 6.54 Å². The van der Waals surface area contributed by atoms with Crippen LogP contribution >= 0.6 is 0 Å². The molecule has 0 spiro atoms. The molecule has 2 rings (SSSR count). The lowest BCUT2D eigenvalue weighted by Crippen LogP contribution is -2.28. The van der Waals surface area contributed by atoms with E-state index in [1.165, 1.54) is 23.4 Å². The number of hydrogen-bond donors (Lipinski definition) is 1. The summed E-state index contributed by atoms with van der Waals surface area (Å²) in [5, 5.41) is 3.51. The number of aryl methyl sites for hydroxylation is 2. The number of benzene rings is 1. The number of hydrogen-bond acceptors (Lipinski definition) is 2. The summed E-state index contributed by atoms with van der Waals surface area (Å²) >= 11 is 0. The van der Waals surface area contributed by atoms with Crippen LogP contribution < -0.4 is 5.32 Å². The van der Waals surface area contributed by atoms with Gasteiger partial charge in [-0.05, 0) is 37.5 Å². The van der Waals surface area contributed by atoms with E-state index in [9.17, 15) is 4.39 Å². The molecule has 1 aromatic heterocycles. The Morgan fingerprint density at radius 2 is 2.00 bits per heavy atom. The van der Waals surface area contributed by atoms with E-state index in [0.29, 0.717) is 6.04 Å². The van der Waals surface area contributed by atoms with Crippen LogP contribution in [0.1, 0.15) is 24.6 Å². The van der Waals surface area contributed by atoms with Crippen molar-refractivity contribution in [2.24, 2.45) is 7.05 Å². The van der Waals surface area contributed by atoms with Crippen LogP contribution in [0, 0.1) is 5.82 Å². The Morgan fingerprint density at radius 1 is 1.25 bits per heavy atom. The molecule has 3 nitrogen and oxygen atoms in total. The van der Waals surface area contributed by atoms with Crippen molar-refractivity contribution in [3.63, 3.8) is 0 Å². The zero-order valence-electron chi connectivity index (χ0n) is 12.1. The Balaban J connectivity index is 1.66. The van der Waals surface area contributed by atoms with Crippen LogP contribution in [0.3, 0.4) is 0 Å². The van der Waals surface area contributed by atoms with E-state index in [1.807, 2.05) is 36.3 Å². The van der Waals surface area contributed by atoms with Gasteiger partial charge in [0.25, 0.3) is 0 Å². The van der Waals surface area contributed by atoms with Gasteiger partial charge in [0.15, 0.2) is 0 Å². The highest BCUT2D eigenvalue weighted by Crippen LogP contribution is 2.07. The zero-order valence-corrected chi connectivity index (χ0v) is 12.1. The SMILES string of the molecule is CC(CCc1ccc(F)cc1)NCCc1cncn1C. The maximum Gasteiger partial charge on any atom is 0.123 e. The minimum atomic E-state index is -0.170. The van der Waals surface area contributed by atoms with Gasteiger partial charge in [-0.1, -0.05) is 12.1 Å². The third-order valence-corrected chi connectivity index (χ3v) is 3.57. The molecular formula is C16H22FN3. The lowest BCUT2D eigenvalue weighted by atomic mass is 10.1. The summed E-state index contributed by atoms with van der Waals surface area (Å²) < 4.78 is 14.8. The van der Waals surface area contributed by atoms with E-state index in [4.69, 9.17) is 0 Å². The molecule has 0 aliphatic carbocycles. The first kappa shape index (κ1) is 14.7. The van der Waals surface area contributed by atoms with Gasteiger partial charge in [0.2, 0.25) is 0 Å². The number of nitrogens with one attached hydrogen (secondary N) is 1. The van der Waals surface area contributed by atoms with E-state index in [-0.39, 0.29) is 5.82 Å². The maximum absolute atomic E-state index is 12.8. The number of rotatable bonds is 7. The number of nitrogens with zero attached hydrogens (tertiary/aromatic N) is 2. The average molecular weight is 275 g/mol. The van der Waals surface area contributed by atoms with Crippen LogP contribution in [0.25, 0.3) is 0 Å². The molecule has 4 heteroatoms. The molecule has 0 saturated carbocycles. The molecule has 0 bridgehead atoms. The van der Waals surface area contributed by atoms with Gasteiger partial charge in [0.05, 0.1) is 6.33 Å². The zero-order chi connectivity index (χ0) is 14.4. The van der Waals surface area contributed by atoms with Gasteiger partial charge in [0.1, 0.15) is 5.82 Å². The quantitative estimate of drug-likeness (QED) is 0.842. The minimum absolute atomic E-state index is 0.170. The molecule has 1 aromatic carbocycles. The third-order valence-electron chi connectivity index (χ3n) is 3.57. The molecule has 0 radical (unpaired) electrons. The van der Waals surface area contributed by atoms with E-state index in [0.717, 1.165) is 25.8 Å². The monoisotopic (exact) mass is 275 g/mol. The largest absolute Gasteiger partial charge is 0.338 e. The van der Waals surface area contributed by atoms with Crippen molar-refractivity contribution >= 4 is 0 Å². The van der Waals surface area contributed by atoms with Gasteiger partial charge in [-0.2, -0.15) is 0 Å². The molecular weight excluding hydrogens is 253 g/mol. The molecule has 1 heterocycles. The predicted octanol–water partition coefficient (Wildman–Crippen LogP) is 2.71. The second kappa shape index (κ2) is 7.20. The normalized spacial score (nSPS) is 12.6. The van der Waals surface area contributed by atoms with Crippen LogP contribution in [0.5, 0.6) is 0 Å². The van der Waals surface area contributed by atoms with Crippen LogP contribution in [0.15, 0.2) is 36.8 Å². The first-order chi connectivity index (χ1) is 9.65. The van der Waals surface area contributed by atoms with Crippen molar-refractivity contribution in [2.45, 2.75) is 32.2 Å². The van der Waals surface area contributed by atoms with E-state index in [1.54, 1.807) is 0 Å². The lowest BCUT2D eigenvalue weighted by Gasteiger charge is -2.13. The van der Waals surface area contributed by atoms with Crippen LogP contribution in [0.2, 0.25) is 0 Å². The Morgan fingerprint density at radius 3 is 2.65 bits per heavy atom. The highest BCUT2D eigenvalue weighted by atomic mass is 19.1.